The summed E-state index contributed by atoms with van der Waals surface area (Å²) in [4.78, 5) is 37.1. The summed E-state index contributed by atoms with van der Waals surface area (Å²) in [6.07, 6.45) is 6.52. The van der Waals surface area contributed by atoms with Crippen molar-refractivity contribution in [3.63, 3.8) is 0 Å². The van der Waals surface area contributed by atoms with E-state index in [4.69, 9.17) is 4.98 Å². The molecule has 1 unspecified atom stereocenters. The molecular formula is C25H37N7O2. The average Bonchev–Trinajstić information content (AvgIpc) is 3.17. The SMILES string of the molecule is CCCC(CC)C(=O)N1CCN(C(=O)C2CN(c3c4c(nc5ccnn35)CCNCC4)C2)CC1. The molecule has 1 atom stereocenters. The number of aromatic nitrogens is 3. The molecule has 0 radical (unpaired) electrons. The lowest BCUT2D eigenvalue weighted by atomic mass is 9.96. The first-order valence-corrected chi connectivity index (χ1v) is 13.0. The van der Waals surface area contributed by atoms with Crippen molar-refractivity contribution in [2.75, 3.05) is 57.3 Å². The molecule has 5 rings (SSSR count). The lowest BCUT2D eigenvalue weighted by molar-refractivity contribution is -0.144. The maximum atomic E-state index is 13.2. The van der Waals surface area contributed by atoms with E-state index in [0.29, 0.717) is 39.3 Å². The molecule has 0 saturated carbocycles. The lowest BCUT2D eigenvalue weighted by Crippen LogP contribution is -2.59. The van der Waals surface area contributed by atoms with E-state index in [0.717, 1.165) is 62.4 Å². The van der Waals surface area contributed by atoms with E-state index in [1.165, 1.54) is 5.56 Å². The van der Waals surface area contributed by atoms with Gasteiger partial charge in [-0.1, -0.05) is 20.3 Å². The third-order valence-corrected chi connectivity index (χ3v) is 7.69. The minimum atomic E-state index is 0.00376. The molecule has 2 aromatic rings. The molecule has 2 fully saturated rings. The second kappa shape index (κ2) is 9.90. The third kappa shape index (κ3) is 4.26. The number of piperazine rings is 1. The molecule has 2 amide bonds. The molecule has 1 N–H and O–H groups in total. The van der Waals surface area contributed by atoms with Gasteiger partial charge in [-0.25, -0.2) is 4.98 Å². The highest BCUT2D eigenvalue weighted by molar-refractivity contribution is 5.83. The van der Waals surface area contributed by atoms with E-state index in [1.807, 2.05) is 20.4 Å². The van der Waals surface area contributed by atoms with E-state index >= 15 is 0 Å². The van der Waals surface area contributed by atoms with Gasteiger partial charge in [0.05, 0.1) is 17.8 Å². The van der Waals surface area contributed by atoms with Gasteiger partial charge in [-0.2, -0.15) is 9.61 Å². The molecule has 2 aromatic heterocycles. The van der Waals surface area contributed by atoms with Gasteiger partial charge in [-0.15, -0.1) is 0 Å². The highest BCUT2D eigenvalue weighted by Gasteiger charge is 2.39. The summed E-state index contributed by atoms with van der Waals surface area (Å²) in [5.41, 5.74) is 3.29. The number of nitrogens with one attached hydrogen (secondary N) is 1. The van der Waals surface area contributed by atoms with Crippen LogP contribution in [0.2, 0.25) is 0 Å². The molecule has 0 bridgehead atoms. The fraction of sp³-hybridized carbons (Fsp3) is 0.680. The first kappa shape index (κ1) is 23.1. The van der Waals surface area contributed by atoms with Gasteiger partial charge >= 0.3 is 0 Å². The summed E-state index contributed by atoms with van der Waals surface area (Å²) in [5.74, 6) is 1.72. The van der Waals surface area contributed by atoms with Crippen LogP contribution in [-0.4, -0.2) is 88.6 Å². The number of amides is 2. The van der Waals surface area contributed by atoms with Gasteiger partial charge in [0, 0.05) is 69.8 Å². The van der Waals surface area contributed by atoms with Crippen LogP contribution in [0.4, 0.5) is 5.82 Å². The number of anilines is 1. The fourth-order valence-electron chi connectivity index (χ4n) is 5.66. The number of hydrogen-bond acceptors (Lipinski definition) is 6. The van der Waals surface area contributed by atoms with E-state index in [9.17, 15) is 9.59 Å². The van der Waals surface area contributed by atoms with Crippen molar-refractivity contribution >= 4 is 23.3 Å². The molecule has 3 aliphatic rings. The maximum Gasteiger partial charge on any atom is 0.229 e. The van der Waals surface area contributed by atoms with Crippen molar-refractivity contribution in [3.8, 4) is 0 Å². The van der Waals surface area contributed by atoms with Crippen LogP contribution < -0.4 is 10.2 Å². The molecule has 34 heavy (non-hydrogen) atoms. The highest BCUT2D eigenvalue weighted by Crippen LogP contribution is 2.32. The van der Waals surface area contributed by atoms with Crippen LogP contribution in [0, 0.1) is 11.8 Å². The number of nitrogens with zero attached hydrogens (tertiary/aromatic N) is 6. The van der Waals surface area contributed by atoms with Gasteiger partial charge < -0.3 is 20.0 Å². The molecule has 9 nitrogen and oxygen atoms in total. The summed E-state index contributed by atoms with van der Waals surface area (Å²) in [7, 11) is 0. The first-order chi connectivity index (χ1) is 16.6. The molecule has 0 aromatic carbocycles. The Labute approximate surface area is 201 Å². The van der Waals surface area contributed by atoms with Crippen LogP contribution in [0.3, 0.4) is 0 Å². The topological polar surface area (TPSA) is 86.1 Å². The maximum absolute atomic E-state index is 13.2. The van der Waals surface area contributed by atoms with Crippen molar-refractivity contribution in [1.29, 1.82) is 0 Å². The second-order valence-electron chi connectivity index (χ2n) is 9.86. The zero-order valence-electron chi connectivity index (χ0n) is 20.5. The Hall–Kier alpha value is -2.68. The second-order valence-corrected chi connectivity index (χ2v) is 9.86. The summed E-state index contributed by atoms with van der Waals surface area (Å²) >= 11 is 0. The molecule has 9 heteroatoms. The summed E-state index contributed by atoms with van der Waals surface area (Å²) in [5, 5.41) is 8.00. The van der Waals surface area contributed by atoms with Crippen molar-refractivity contribution in [2.24, 2.45) is 11.8 Å². The van der Waals surface area contributed by atoms with Crippen LogP contribution in [-0.2, 0) is 22.4 Å². The quantitative estimate of drug-likeness (QED) is 0.690. The monoisotopic (exact) mass is 467 g/mol. The van der Waals surface area contributed by atoms with Gasteiger partial charge in [0.1, 0.15) is 5.82 Å². The van der Waals surface area contributed by atoms with Crippen molar-refractivity contribution in [1.82, 2.24) is 29.7 Å². The Morgan fingerprint density at radius 3 is 2.56 bits per heavy atom. The van der Waals surface area contributed by atoms with Crippen LogP contribution >= 0.6 is 0 Å². The minimum absolute atomic E-state index is 0.00376. The van der Waals surface area contributed by atoms with Crippen molar-refractivity contribution in [2.45, 2.75) is 46.0 Å². The van der Waals surface area contributed by atoms with Crippen LogP contribution in [0.1, 0.15) is 44.4 Å². The zero-order valence-corrected chi connectivity index (χ0v) is 20.5. The Morgan fingerprint density at radius 1 is 1.09 bits per heavy atom. The fourth-order valence-corrected chi connectivity index (χ4v) is 5.66. The summed E-state index contributed by atoms with van der Waals surface area (Å²) in [6, 6.07) is 1.95. The molecule has 3 aliphatic heterocycles. The Kier molecular flexibility index (Phi) is 6.72. The van der Waals surface area contributed by atoms with Crippen molar-refractivity contribution in [3.05, 3.63) is 23.5 Å². The largest absolute Gasteiger partial charge is 0.354 e. The van der Waals surface area contributed by atoms with E-state index in [-0.39, 0.29) is 23.7 Å². The van der Waals surface area contributed by atoms with Gasteiger partial charge in [-0.05, 0) is 25.8 Å². The molecule has 0 spiro atoms. The van der Waals surface area contributed by atoms with E-state index in [2.05, 4.69) is 29.2 Å². The normalized spacial score (nSPS) is 20.1. The molecular weight excluding hydrogens is 430 g/mol. The molecule has 184 valence electrons. The minimum Gasteiger partial charge on any atom is -0.354 e. The van der Waals surface area contributed by atoms with Gasteiger partial charge in [0.15, 0.2) is 5.65 Å². The first-order valence-electron chi connectivity index (χ1n) is 13.0. The number of fused-ring (bicyclic) bond motifs is 2. The predicted molar refractivity (Wildman–Crippen MR) is 131 cm³/mol. The predicted octanol–water partition coefficient (Wildman–Crippen LogP) is 1.35. The molecule has 2 saturated heterocycles. The average molecular weight is 468 g/mol. The summed E-state index contributed by atoms with van der Waals surface area (Å²) < 4.78 is 1.94. The zero-order chi connectivity index (χ0) is 23.7. The van der Waals surface area contributed by atoms with Gasteiger partial charge in [0.25, 0.3) is 0 Å². The number of carbonyl (C=O) groups excluding carboxylic acids is 2. The van der Waals surface area contributed by atoms with Gasteiger partial charge in [0.2, 0.25) is 11.8 Å². The lowest BCUT2D eigenvalue weighted by Gasteiger charge is -2.44. The van der Waals surface area contributed by atoms with Gasteiger partial charge in [-0.3, -0.25) is 9.59 Å². The Bertz CT molecular complexity index is 1040. The van der Waals surface area contributed by atoms with Crippen LogP contribution in [0.25, 0.3) is 5.65 Å². The van der Waals surface area contributed by atoms with E-state index in [1.54, 1.807) is 6.20 Å². The molecule has 5 heterocycles. The summed E-state index contributed by atoms with van der Waals surface area (Å²) in [6.45, 7) is 10.1. The highest BCUT2D eigenvalue weighted by atomic mass is 16.2. The van der Waals surface area contributed by atoms with Crippen LogP contribution in [0.15, 0.2) is 12.3 Å². The standard InChI is InChI=1S/C25H37N7O2/c1-3-5-18(4-2)24(33)29-12-14-30(15-13-29)25(34)19-16-31(17-19)23-20-6-9-26-10-7-21(20)28-22-8-11-27-32(22)23/h8,11,18-19,26H,3-7,9-10,12-17H2,1-2H3. The smallest absolute Gasteiger partial charge is 0.229 e. The number of hydrogen-bond donors (Lipinski definition) is 1. The van der Waals surface area contributed by atoms with Crippen LogP contribution in [0.5, 0.6) is 0 Å². The van der Waals surface area contributed by atoms with Crippen molar-refractivity contribution < 1.29 is 9.59 Å². The Balaban J connectivity index is 1.22. The molecule has 0 aliphatic carbocycles. The number of carbonyl (C=O) groups is 2. The third-order valence-electron chi connectivity index (χ3n) is 7.69. The Morgan fingerprint density at radius 2 is 1.82 bits per heavy atom. The number of rotatable bonds is 6. The van der Waals surface area contributed by atoms with E-state index < -0.39 is 0 Å².